The molecule has 5 nitrogen and oxygen atoms in total. The maximum atomic E-state index is 11.6. The smallest absolute Gasteiger partial charge is 0.252 e. The van der Waals surface area contributed by atoms with Gasteiger partial charge < -0.3 is 15.5 Å². The Hall–Kier alpha value is -1.62. The SMILES string of the molecule is NC(=O)c1cnccc1N1CCCC(N2CCCC2)CC1. The van der Waals surface area contributed by atoms with Crippen LogP contribution in [-0.2, 0) is 0 Å². The maximum Gasteiger partial charge on any atom is 0.252 e. The number of carbonyl (C=O) groups is 1. The van der Waals surface area contributed by atoms with Crippen LogP contribution in [0.5, 0.6) is 0 Å². The van der Waals surface area contributed by atoms with Crippen molar-refractivity contribution < 1.29 is 4.79 Å². The summed E-state index contributed by atoms with van der Waals surface area (Å²) in [4.78, 5) is 20.5. The number of hydrogen-bond donors (Lipinski definition) is 1. The van der Waals surface area contributed by atoms with Crippen molar-refractivity contribution in [2.75, 3.05) is 31.1 Å². The number of amides is 1. The molecule has 0 radical (unpaired) electrons. The van der Waals surface area contributed by atoms with E-state index < -0.39 is 5.91 Å². The second-order valence-corrected chi connectivity index (χ2v) is 6.07. The second kappa shape index (κ2) is 6.43. The Morgan fingerprint density at radius 1 is 1.14 bits per heavy atom. The molecule has 1 amide bonds. The van der Waals surface area contributed by atoms with Crippen LogP contribution in [0.15, 0.2) is 18.5 Å². The minimum atomic E-state index is -0.390. The van der Waals surface area contributed by atoms with Crippen molar-refractivity contribution in [2.45, 2.75) is 38.1 Å². The van der Waals surface area contributed by atoms with Gasteiger partial charge in [0.1, 0.15) is 0 Å². The number of aromatic nitrogens is 1. The lowest BCUT2D eigenvalue weighted by molar-refractivity contribution is 0.100. The quantitative estimate of drug-likeness (QED) is 0.918. The first-order chi connectivity index (χ1) is 10.3. The summed E-state index contributed by atoms with van der Waals surface area (Å²) < 4.78 is 0. The van der Waals surface area contributed by atoms with Gasteiger partial charge in [0, 0.05) is 31.5 Å². The predicted molar refractivity (Wildman–Crippen MR) is 83.4 cm³/mol. The van der Waals surface area contributed by atoms with E-state index >= 15 is 0 Å². The molecule has 0 saturated carbocycles. The average molecular weight is 288 g/mol. The van der Waals surface area contributed by atoms with Gasteiger partial charge in [0.25, 0.3) is 5.91 Å². The number of primary amides is 1. The minimum absolute atomic E-state index is 0.390. The van der Waals surface area contributed by atoms with Gasteiger partial charge in [-0.1, -0.05) is 0 Å². The topological polar surface area (TPSA) is 62.5 Å². The Labute approximate surface area is 126 Å². The summed E-state index contributed by atoms with van der Waals surface area (Å²) in [6, 6.07) is 2.62. The molecule has 21 heavy (non-hydrogen) atoms. The van der Waals surface area contributed by atoms with Crippen LogP contribution in [0.1, 0.15) is 42.5 Å². The fraction of sp³-hybridized carbons (Fsp3) is 0.625. The number of anilines is 1. The molecule has 0 aliphatic carbocycles. The van der Waals surface area contributed by atoms with E-state index in [2.05, 4.69) is 14.8 Å². The fourth-order valence-corrected chi connectivity index (χ4v) is 3.64. The van der Waals surface area contributed by atoms with E-state index in [0.29, 0.717) is 11.6 Å². The molecule has 2 fully saturated rings. The van der Waals surface area contributed by atoms with Crippen LogP contribution in [0.25, 0.3) is 0 Å². The summed E-state index contributed by atoms with van der Waals surface area (Å²) in [5.41, 5.74) is 6.96. The van der Waals surface area contributed by atoms with Gasteiger partial charge in [-0.3, -0.25) is 9.78 Å². The molecule has 1 unspecified atom stereocenters. The molecular formula is C16H24N4O. The zero-order chi connectivity index (χ0) is 14.7. The largest absolute Gasteiger partial charge is 0.371 e. The molecule has 5 heteroatoms. The molecule has 114 valence electrons. The third-order valence-corrected chi connectivity index (χ3v) is 4.76. The van der Waals surface area contributed by atoms with Crippen LogP contribution in [0.3, 0.4) is 0 Å². The molecule has 0 bridgehead atoms. The number of likely N-dealkylation sites (tertiary alicyclic amines) is 1. The molecule has 1 atom stereocenters. The van der Waals surface area contributed by atoms with Crippen LogP contribution in [0, 0.1) is 0 Å². The van der Waals surface area contributed by atoms with E-state index in [-0.39, 0.29) is 0 Å². The lowest BCUT2D eigenvalue weighted by Gasteiger charge is -2.27. The van der Waals surface area contributed by atoms with Gasteiger partial charge in [0.15, 0.2) is 0 Å². The van der Waals surface area contributed by atoms with Gasteiger partial charge in [-0.05, 0) is 51.3 Å². The minimum Gasteiger partial charge on any atom is -0.371 e. The predicted octanol–water partition coefficient (Wildman–Crippen LogP) is 1.64. The van der Waals surface area contributed by atoms with Crippen molar-refractivity contribution in [1.29, 1.82) is 0 Å². The van der Waals surface area contributed by atoms with E-state index in [1.165, 1.54) is 45.2 Å². The zero-order valence-corrected chi connectivity index (χ0v) is 12.5. The number of nitrogens with zero attached hydrogens (tertiary/aromatic N) is 3. The highest BCUT2D eigenvalue weighted by atomic mass is 16.1. The maximum absolute atomic E-state index is 11.6. The number of rotatable bonds is 3. The average Bonchev–Trinajstić information content (AvgIpc) is 2.92. The Morgan fingerprint density at radius 2 is 1.95 bits per heavy atom. The van der Waals surface area contributed by atoms with Gasteiger partial charge in [0.2, 0.25) is 0 Å². The van der Waals surface area contributed by atoms with Gasteiger partial charge >= 0.3 is 0 Å². The first kappa shape index (κ1) is 14.3. The van der Waals surface area contributed by atoms with Crippen LogP contribution in [0.2, 0.25) is 0 Å². The highest BCUT2D eigenvalue weighted by Crippen LogP contribution is 2.26. The van der Waals surface area contributed by atoms with Crippen molar-refractivity contribution in [3.63, 3.8) is 0 Å². The molecule has 2 saturated heterocycles. The van der Waals surface area contributed by atoms with Crippen molar-refractivity contribution in [3.05, 3.63) is 24.0 Å². The molecule has 2 aliphatic heterocycles. The molecule has 1 aromatic rings. The van der Waals surface area contributed by atoms with Crippen LogP contribution < -0.4 is 10.6 Å². The number of nitrogens with two attached hydrogens (primary N) is 1. The monoisotopic (exact) mass is 288 g/mol. The van der Waals surface area contributed by atoms with Crippen LogP contribution in [-0.4, -0.2) is 48.0 Å². The summed E-state index contributed by atoms with van der Waals surface area (Å²) in [5, 5.41) is 0. The van der Waals surface area contributed by atoms with Gasteiger partial charge in [-0.15, -0.1) is 0 Å². The van der Waals surface area contributed by atoms with E-state index in [4.69, 9.17) is 5.73 Å². The highest BCUT2D eigenvalue weighted by molar-refractivity contribution is 5.98. The first-order valence-corrected chi connectivity index (χ1v) is 7.98. The van der Waals surface area contributed by atoms with E-state index in [1.807, 2.05) is 6.07 Å². The normalized spacial score (nSPS) is 24.0. The Bertz CT molecular complexity index is 499. The fourth-order valence-electron chi connectivity index (χ4n) is 3.64. The zero-order valence-electron chi connectivity index (χ0n) is 12.5. The van der Waals surface area contributed by atoms with Gasteiger partial charge in [0.05, 0.1) is 11.3 Å². The Balaban J connectivity index is 1.71. The molecule has 2 N–H and O–H groups in total. The summed E-state index contributed by atoms with van der Waals surface area (Å²) in [6.45, 7) is 4.50. The number of carbonyl (C=O) groups excluding carboxylic acids is 1. The molecule has 3 heterocycles. The summed E-state index contributed by atoms with van der Waals surface area (Å²) in [7, 11) is 0. The lowest BCUT2D eigenvalue weighted by Crippen LogP contribution is -2.34. The second-order valence-electron chi connectivity index (χ2n) is 6.07. The Kier molecular flexibility index (Phi) is 4.39. The molecule has 1 aromatic heterocycles. The van der Waals surface area contributed by atoms with Crippen molar-refractivity contribution in [3.8, 4) is 0 Å². The number of hydrogen-bond acceptors (Lipinski definition) is 4. The number of pyridine rings is 1. The summed E-state index contributed by atoms with van der Waals surface area (Å²) in [6.07, 6.45) is 9.60. The van der Waals surface area contributed by atoms with Crippen molar-refractivity contribution in [2.24, 2.45) is 5.73 Å². The molecule has 3 rings (SSSR count). The summed E-state index contributed by atoms with van der Waals surface area (Å²) in [5.74, 6) is -0.390. The lowest BCUT2D eigenvalue weighted by atomic mass is 10.1. The van der Waals surface area contributed by atoms with E-state index in [0.717, 1.165) is 18.8 Å². The van der Waals surface area contributed by atoms with Gasteiger partial charge in [-0.25, -0.2) is 0 Å². The van der Waals surface area contributed by atoms with Crippen LogP contribution >= 0.6 is 0 Å². The molecule has 0 aromatic carbocycles. The van der Waals surface area contributed by atoms with Crippen molar-refractivity contribution >= 4 is 11.6 Å². The third kappa shape index (κ3) is 3.18. The van der Waals surface area contributed by atoms with Crippen molar-refractivity contribution in [1.82, 2.24) is 9.88 Å². The van der Waals surface area contributed by atoms with Gasteiger partial charge in [-0.2, -0.15) is 0 Å². The Morgan fingerprint density at radius 3 is 2.71 bits per heavy atom. The third-order valence-electron chi connectivity index (χ3n) is 4.76. The van der Waals surface area contributed by atoms with E-state index in [9.17, 15) is 4.79 Å². The summed E-state index contributed by atoms with van der Waals surface area (Å²) >= 11 is 0. The van der Waals surface area contributed by atoms with Crippen LogP contribution in [0.4, 0.5) is 5.69 Å². The molecular weight excluding hydrogens is 264 g/mol. The van der Waals surface area contributed by atoms with E-state index in [1.54, 1.807) is 12.4 Å². The molecule has 2 aliphatic rings. The first-order valence-electron chi connectivity index (χ1n) is 7.98. The molecule has 0 spiro atoms. The standard InChI is InChI=1S/C16H24N4O/c17-16(21)14-12-18-7-5-15(14)20-10-3-4-13(6-11-20)19-8-1-2-9-19/h5,7,12-13H,1-4,6,8-11H2,(H2,17,21). The highest BCUT2D eigenvalue weighted by Gasteiger charge is 2.25.